The molecule has 164 valence electrons. The first-order valence-electron chi connectivity index (χ1n) is 10.4. The van der Waals surface area contributed by atoms with E-state index in [-0.39, 0.29) is 11.5 Å². The zero-order valence-electron chi connectivity index (χ0n) is 17.9. The maximum Gasteiger partial charge on any atom is 0.257 e. The van der Waals surface area contributed by atoms with Crippen LogP contribution in [0.5, 0.6) is 5.75 Å². The van der Waals surface area contributed by atoms with Gasteiger partial charge < -0.3 is 24.5 Å². The van der Waals surface area contributed by atoms with Gasteiger partial charge in [0.25, 0.3) is 5.91 Å². The lowest BCUT2D eigenvalue weighted by Gasteiger charge is -2.18. The number of ether oxygens (including phenoxy) is 3. The summed E-state index contributed by atoms with van der Waals surface area (Å²) in [6.07, 6.45) is 2.67. The molecule has 1 amide bonds. The second-order valence-corrected chi connectivity index (χ2v) is 7.91. The van der Waals surface area contributed by atoms with Gasteiger partial charge in [-0.15, -0.1) is 0 Å². The summed E-state index contributed by atoms with van der Waals surface area (Å²) < 4.78 is 16.4. The quantitative estimate of drug-likeness (QED) is 0.654. The molecule has 2 aromatic heterocycles. The number of carbonyl (C=O) groups excluding carboxylic acids is 1. The summed E-state index contributed by atoms with van der Waals surface area (Å²) in [4.78, 5) is 32.9. The van der Waals surface area contributed by atoms with E-state index < -0.39 is 0 Å². The lowest BCUT2D eigenvalue weighted by molar-refractivity contribution is 0.102. The molecule has 4 heterocycles. The van der Waals surface area contributed by atoms with Crippen molar-refractivity contribution in [3.8, 4) is 5.75 Å². The van der Waals surface area contributed by atoms with E-state index in [2.05, 4.69) is 10.3 Å². The number of nitrogens with zero attached hydrogens (tertiary/aromatic N) is 1. The van der Waals surface area contributed by atoms with E-state index >= 15 is 0 Å². The number of carbonyl (C=O) groups is 1. The third-order valence-corrected chi connectivity index (χ3v) is 5.80. The van der Waals surface area contributed by atoms with Crippen molar-refractivity contribution in [3.05, 3.63) is 68.8 Å². The van der Waals surface area contributed by atoms with Crippen LogP contribution in [0.15, 0.2) is 35.1 Å². The van der Waals surface area contributed by atoms with Gasteiger partial charge in [-0.1, -0.05) is 6.08 Å². The van der Waals surface area contributed by atoms with Crippen molar-refractivity contribution in [2.24, 2.45) is 0 Å². The average Bonchev–Trinajstić information content (AvgIpc) is 3.26. The van der Waals surface area contributed by atoms with E-state index in [1.165, 1.54) is 13.2 Å². The molecule has 0 saturated heterocycles. The fourth-order valence-corrected chi connectivity index (χ4v) is 4.18. The Morgan fingerprint density at radius 3 is 2.84 bits per heavy atom. The fourth-order valence-electron chi connectivity index (χ4n) is 4.18. The number of rotatable bonds is 4. The Labute approximate surface area is 184 Å². The number of nitrogens with one attached hydrogen (secondary N) is 2. The minimum atomic E-state index is -0.266. The van der Waals surface area contributed by atoms with Crippen LogP contribution in [0.2, 0.25) is 0 Å². The third kappa shape index (κ3) is 3.68. The molecule has 0 radical (unpaired) electrons. The second kappa shape index (κ2) is 8.22. The number of H-pyrrole nitrogens is 1. The standard InChI is InChI=1S/C24H23N3O5/c1-13-7-21(28)27-23-17(13)9-16(10-20(23)30-2)25-24(29)18-8-15-11-32-12-19(15)26-22(18)14-3-5-31-6-4-14/h3,7-10H,4-6,11-12H2,1-2H3,(H,25,29)(H,27,28). The largest absolute Gasteiger partial charge is 0.494 e. The van der Waals surface area contributed by atoms with E-state index in [1.54, 1.807) is 6.07 Å². The minimum Gasteiger partial charge on any atom is -0.494 e. The highest BCUT2D eigenvalue weighted by molar-refractivity contribution is 6.08. The summed E-state index contributed by atoms with van der Waals surface area (Å²) in [6, 6.07) is 6.93. The predicted molar refractivity (Wildman–Crippen MR) is 120 cm³/mol. The van der Waals surface area contributed by atoms with Crippen LogP contribution in [0.1, 0.15) is 39.3 Å². The molecule has 0 spiro atoms. The summed E-state index contributed by atoms with van der Waals surface area (Å²) in [7, 11) is 1.53. The van der Waals surface area contributed by atoms with Crippen LogP contribution in [-0.2, 0) is 22.7 Å². The van der Waals surface area contributed by atoms with E-state index in [0.717, 1.165) is 27.8 Å². The molecule has 2 aliphatic rings. The number of aromatic amines is 1. The van der Waals surface area contributed by atoms with Crippen LogP contribution in [-0.4, -0.2) is 36.2 Å². The molecule has 0 atom stereocenters. The molecule has 5 rings (SSSR count). The Morgan fingerprint density at radius 1 is 1.19 bits per heavy atom. The zero-order chi connectivity index (χ0) is 22.2. The van der Waals surface area contributed by atoms with Gasteiger partial charge in [0.1, 0.15) is 5.75 Å². The molecular weight excluding hydrogens is 410 g/mol. The molecule has 8 heteroatoms. The molecule has 8 nitrogen and oxygen atoms in total. The monoisotopic (exact) mass is 433 g/mol. The number of methoxy groups -OCH3 is 1. The van der Waals surface area contributed by atoms with Gasteiger partial charge in [0.05, 0.1) is 56.0 Å². The molecule has 0 unspecified atom stereocenters. The predicted octanol–water partition coefficient (Wildman–Crippen LogP) is 3.33. The summed E-state index contributed by atoms with van der Waals surface area (Å²) in [5, 5.41) is 3.79. The molecule has 0 aliphatic carbocycles. The first-order valence-corrected chi connectivity index (χ1v) is 10.4. The van der Waals surface area contributed by atoms with Crippen LogP contribution in [0.3, 0.4) is 0 Å². The van der Waals surface area contributed by atoms with Gasteiger partial charge in [-0.3, -0.25) is 9.59 Å². The lowest BCUT2D eigenvalue weighted by Crippen LogP contribution is -2.18. The first-order chi connectivity index (χ1) is 15.5. The van der Waals surface area contributed by atoms with Gasteiger partial charge in [0.15, 0.2) is 0 Å². The van der Waals surface area contributed by atoms with E-state index in [1.807, 2.05) is 25.1 Å². The summed E-state index contributed by atoms with van der Waals surface area (Å²) in [5.41, 5.74) is 5.72. The van der Waals surface area contributed by atoms with E-state index in [9.17, 15) is 9.59 Å². The first kappa shape index (κ1) is 20.4. The van der Waals surface area contributed by atoms with Crippen molar-refractivity contribution in [1.82, 2.24) is 9.97 Å². The lowest BCUT2D eigenvalue weighted by atomic mass is 9.99. The molecule has 3 aromatic rings. The number of amides is 1. The van der Waals surface area contributed by atoms with Crippen LogP contribution in [0, 0.1) is 6.92 Å². The molecule has 1 aromatic carbocycles. The Hall–Kier alpha value is -3.49. The molecule has 0 fully saturated rings. The number of aromatic nitrogens is 2. The Balaban J connectivity index is 1.56. The van der Waals surface area contributed by atoms with Gasteiger partial charge >= 0.3 is 0 Å². The molecular formula is C24H23N3O5. The van der Waals surface area contributed by atoms with Gasteiger partial charge in [-0.25, -0.2) is 4.98 Å². The Kier molecular flexibility index (Phi) is 5.24. The summed E-state index contributed by atoms with van der Waals surface area (Å²) >= 11 is 0. The van der Waals surface area contributed by atoms with Crippen molar-refractivity contribution >= 4 is 28.1 Å². The average molecular weight is 433 g/mol. The molecule has 2 aliphatic heterocycles. The van der Waals surface area contributed by atoms with Crippen LogP contribution >= 0.6 is 0 Å². The van der Waals surface area contributed by atoms with Crippen LogP contribution < -0.4 is 15.6 Å². The molecule has 0 bridgehead atoms. The highest BCUT2D eigenvalue weighted by Crippen LogP contribution is 2.32. The van der Waals surface area contributed by atoms with E-state index in [4.69, 9.17) is 19.2 Å². The normalized spacial score (nSPS) is 15.4. The molecule has 0 saturated carbocycles. The number of pyridine rings is 2. The van der Waals surface area contributed by atoms with Crippen LogP contribution in [0.25, 0.3) is 16.5 Å². The number of hydrogen-bond acceptors (Lipinski definition) is 6. The maximum atomic E-state index is 13.4. The molecule has 32 heavy (non-hydrogen) atoms. The van der Waals surface area contributed by atoms with Gasteiger partial charge in [0.2, 0.25) is 5.56 Å². The second-order valence-electron chi connectivity index (χ2n) is 7.91. The van der Waals surface area contributed by atoms with Crippen molar-refractivity contribution < 1.29 is 19.0 Å². The Bertz CT molecular complexity index is 1330. The third-order valence-electron chi connectivity index (χ3n) is 5.80. The number of aryl methyl sites for hydroxylation is 1. The number of fused-ring (bicyclic) bond motifs is 2. The number of benzene rings is 1. The fraction of sp³-hybridized carbons (Fsp3) is 0.292. The van der Waals surface area contributed by atoms with Gasteiger partial charge in [-0.2, -0.15) is 0 Å². The van der Waals surface area contributed by atoms with E-state index in [0.29, 0.717) is 61.1 Å². The van der Waals surface area contributed by atoms with Crippen molar-refractivity contribution in [2.75, 3.05) is 25.6 Å². The van der Waals surface area contributed by atoms with Crippen molar-refractivity contribution in [2.45, 2.75) is 26.6 Å². The highest BCUT2D eigenvalue weighted by atomic mass is 16.5. The zero-order valence-corrected chi connectivity index (χ0v) is 17.9. The topological polar surface area (TPSA) is 103 Å². The Morgan fingerprint density at radius 2 is 2.06 bits per heavy atom. The summed E-state index contributed by atoms with van der Waals surface area (Å²) in [6.45, 7) is 3.85. The van der Waals surface area contributed by atoms with Gasteiger partial charge in [0, 0.05) is 28.8 Å². The molecule has 2 N–H and O–H groups in total. The number of anilines is 1. The van der Waals surface area contributed by atoms with Crippen molar-refractivity contribution in [1.29, 1.82) is 0 Å². The minimum absolute atomic E-state index is 0.203. The highest BCUT2D eigenvalue weighted by Gasteiger charge is 2.24. The SMILES string of the molecule is COc1cc(NC(=O)c2cc3c(nc2C2=CCOCC2)COC3)cc2c(C)cc(=O)[nH]c12. The smallest absolute Gasteiger partial charge is 0.257 e. The number of hydrogen-bond donors (Lipinski definition) is 2. The van der Waals surface area contributed by atoms with Crippen LogP contribution in [0.4, 0.5) is 5.69 Å². The summed E-state index contributed by atoms with van der Waals surface area (Å²) in [5.74, 6) is 0.213. The maximum absolute atomic E-state index is 13.4. The van der Waals surface area contributed by atoms with Crippen molar-refractivity contribution in [3.63, 3.8) is 0 Å². The van der Waals surface area contributed by atoms with Gasteiger partial charge in [-0.05, 0) is 36.6 Å².